The van der Waals surface area contributed by atoms with Crippen molar-refractivity contribution in [2.45, 2.75) is 39.8 Å². The van der Waals surface area contributed by atoms with Crippen molar-refractivity contribution in [3.63, 3.8) is 0 Å². The van der Waals surface area contributed by atoms with E-state index in [-0.39, 0.29) is 5.91 Å². The third-order valence-electron chi connectivity index (χ3n) is 3.95. The average molecular weight is 312 g/mol. The summed E-state index contributed by atoms with van der Waals surface area (Å²) in [4.78, 5) is 17.7. The van der Waals surface area contributed by atoms with Gasteiger partial charge in [0.15, 0.2) is 0 Å². The zero-order valence-electron chi connectivity index (χ0n) is 13.5. The second kappa shape index (κ2) is 6.24. The molecule has 0 saturated heterocycles. The van der Waals surface area contributed by atoms with Gasteiger partial charge in [-0.25, -0.2) is 0 Å². The highest BCUT2D eigenvalue weighted by Crippen LogP contribution is 2.21. The lowest BCUT2D eigenvalue weighted by Gasteiger charge is -2.11. The molecule has 2 aromatic rings. The molecule has 0 saturated carbocycles. The Morgan fingerprint density at radius 2 is 2.17 bits per heavy atom. The zero-order chi connectivity index (χ0) is 16.4. The predicted molar refractivity (Wildman–Crippen MR) is 88.5 cm³/mol. The second-order valence-corrected chi connectivity index (χ2v) is 5.62. The minimum absolute atomic E-state index is 0.182. The number of hydrogen-bond acceptors (Lipinski definition) is 4. The van der Waals surface area contributed by atoms with Crippen molar-refractivity contribution in [1.29, 1.82) is 0 Å². The van der Waals surface area contributed by atoms with E-state index >= 15 is 0 Å². The van der Waals surface area contributed by atoms with Crippen LogP contribution in [-0.4, -0.2) is 27.5 Å². The predicted octanol–water partition coefficient (Wildman–Crippen LogP) is 2.65. The van der Waals surface area contributed by atoms with E-state index in [0.717, 1.165) is 34.8 Å². The fraction of sp³-hybridized carbons (Fsp3) is 0.353. The average Bonchev–Trinajstić information content (AvgIpc) is 3.15. The molecular weight excluding hydrogens is 292 g/mol. The fourth-order valence-corrected chi connectivity index (χ4v) is 2.57. The summed E-state index contributed by atoms with van der Waals surface area (Å²) in [5.74, 6) is -0.182. The lowest BCUT2D eigenvalue weighted by molar-refractivity contribution is -0.125. The van der Waals surface area contributed by atoms with Crippen molar-refractivity contribution in [2.24, 2.45) is 5.16 Å². The Balaban J connectivity index is 1.68. The fourth-order valence-electron chi connectivity index (χ4n) is 2.57. The molecule has 1 unspecified atom stereocenters. The minimum Gasteiger partial charge on any atom is -0.382 e. The Bertz CT molecular complexity index is 764. The van der Waals surface area contributed by atoms with Crippen LogP contribution in [0.15, 0.2) is 35.6 Å². The number of rotatable bonds is 4. The first-order valence-electron chi connectivity index (χ1n) is 7.72. The van der Waals surface area contributed by atoms with Crippen LogP contribution in [0, 0.1) is 13.8 Å². The maximum atomic E-state index is 12.4. The molecule has 0 aliphatic carbocycles. The van der Waals surface area contributed by atoms with Gasteiger partial charge in [0.1, 0.15) is 0 Å². The Kier molecular flexibility index (Phi) is 4.14. The van der Waals surface area contributed by atoms with E-state index in [4.69, 9.17) is 4.84 Å². The number of nitrogens with zero attached hydrogens (tertiary/aromatic N) is 3. The molecular formula is C17H20N4O2. The molecule has 1 aliphatic heterocycles. The standard InChI is InChI=1S/C17H20N4O2/c1-4-21-10-13(12(3)19-21)15-9-16(23-20-15)17(22)18-14-8-6-5-7-11(14)2/h5-8,10,16H,4,9H2,1-3H3,(H,18,22). The van der Waals surface area contributed by atoms with E-state index in [1.807, 2.05) is 55.9 Å². The largest absolute Gasteiger partial charge is 0.382 e. The van der Waals surface area contributed by atoms with Crippen molar-refractivity contribution < 1.29 is 9.63 Å². The van der Waals surface area contributed by atoms with E-state index in [2.05, 4.69) is 15.6 Å². The van der Waals surface area contributed by atoms with Gasteiger partial charge in [0.25, 0.3) is 5.91 Å². The van der Waals surface area contributed by atoms with Crippen molar-refractivity contribution in [1.82, 2.24) is 9.78 Å². The van der Waals surface area contributed by atoms with Gasteiger partial charge in [0, 0.05) is 30.4 Å². The second-order valence-electron chi connectivity index (χ2n) is 5.62. The molecule has 23 heavy (non-hydrogen) atoms. The number of oxime groups is 1. The summed E-state index contributed by atoms with van der Waals surface area (Å²) in [7, 11) is 0. The lowest BCUT2D eigenvalue weighted by atomic mass is 10.1. The third kappa shape index (κ3) is 3.11. The number of aryl methyl sites for hydroxylation is 3. The van der Waals surface area contributed by atoms with Crippen LogP contribution in [0.5, 0.6) is 0 Å². The van der Waals surface area contributed by atoms with Crippen LogP contribution in [0.1, 0.15) is 30.2 Å². The Labute approximate surface area is 135 Å². The minimum atomic E-state index is -0.603. The number of amides is 1. The van der Waals surface area contributed by atoms with Crippen LogP contribution in [0.2, 0.25) is 0 Å². The molecule has 0 radical (unpaired) electrons. The molecule has 1 atom stereocenters. The summed E-state index contributed by atoms with van der Waals surface area (Å²) in [6, 6.07) is 7.66. The van der Waals surface area contributed by atoms with Crippen LogP contribution < -0.4 is 5.32 Å². The first-order chi connectivity index (χ1) is 11.1. The molecule has 0 bridgehead atoms. The molecule has 6 nitrogen and oxygen atoms in total. The van der Waals surface area contributed by atoms with E-state index in [1.165, 1.54) is 0 Å². The molecule has 1 amide bonds. The summed E-state index contributed by atoms with van der Waals surface area (Å²) in [5.41, 5.74) is 4.42. The van der Waals surface area contributed by atoms with Crippen molar-refractivity contribution in [2.75, 3.05) is 5.32 Å². The van der Waals surface area contributed by atoms with Gasteiger partial charge in [-0.2, -0.15) is 5.10 Å². The molecule has 120 valence electrons. The van der Waals surface area contributed by atoms with Crippen LogP contribution in [0.25, 0.3) is 0 Å². The van der Waals surface area contributed by atoms with E-state index < -0.39 is 6.10 Å². The summed E-state index contributed by atoms with van der Waals surface area (Å²) < 4.78 is 1.86. The van der Waals surface area contributed by atoms with E-state index in [0.29, 0.717) is 6.42 Å². The maximum Gasteiger partial charge on any atom is 0.268 e. The molecule has 0 fully saturated rings. The van der Waals surface area contributed by atoms with Crippen LogP contribution in [0.3, 0.4) is 0 Å². The molecule has 2 heterocycles. The smallest absolute Gasteiger partial charge is 0.268 e. The highest BCUT2D eigenvalue weighted by Gasteiger charge is 2.30. The zero-order valence-corrected chi connectivity index (χ0v) is 13.5. The van der Waals surface area contributed by atoms with Gasteiger partial charge >= 0.3 is 0 Å². The SMILES string of the molecule is CCn1cc(C2=NOC(C(=O)Nc3ccccc3C)C2)c(C)n1. The highest BCUT2D eigenvalue weighted by atomic mass is 16.6. The number of benzene rings is 1. The van der Waals surface area contributed by atoms with Gasteiger partial charge in [-0.3, -0.25) is 9.48 Å². The van der Waals surface area contributed by atoms with Crippen molar-refractivity contribution in [3.05, 3.63) is 47.3 Å². The molecule has 0 spiro atoms. The van der Waals surface area contributed by atoms with E-state index in [1.54, 1.807) is 0 Å². The molecule has 6 heteroatoms. The van der Waals surface area contributed by atoms with Crippen LogP contribution in [-0.2, 0) is 16.2 Å². The number of carbonyl (C=O) groups excluding carboxylic acids is 1. The quantitative estimate of drug-likeness (QED) is 0.943. The van der Waals surface area contributed by atoms with Gasteiger partial charge < -0.3 is 10.2 Å². The Morgan fingerprint density at radius 1 is 1.39 bits per heavy atom. The molecule has 3 rings (SSSR count). The summed E-state index contributed by atoms with van der Waals surface area (Å²) >= 11 is 0. The van der Waals surface area contributed by atoms with Crippen LogP contribution >= 0.6 is 0 Å². The summed E-state index contributed by atoms with van der Waals surface area (Å²) in [5, 5.41) is 11.4. The molecule has 1 aromatic carbocycles. The monoisotopic (exact) mass is 312 g/mol. The number of hydrogen-bond donors (Lipinski definition) is 1. The number of aromatic nitrogens is 2. The molecule has 1 aromatic heterocycles. The summed E-state index contributed by atoms with van der Waals surface area (Å²) in [6.45, 7) is 6.72. The van der Waals surface area contributed by atoms with Gasteiger partial charge in [-0.05, 0) is 32.4 Å². The third-order valence-corrected chi connectivity index (χ3v) is 3.95. The number of para-hydroxylation sites is 1. The maximum absolute atomic E-state index is 12.4. The first kappa shape index (κ1) is 15.3. The van der Waals surface area contributed by atoms with Crippen LogP contribution in [0.4, 0.5) is 5.69 Å². The lowest BCUT2D eigenvalue weighted by Crippen LogP contribution is -2.28. The molecule has 1 N–H and O–H groups in total. The summed E-state index contributed by atoms with van der Waals surface area (Å²) in [6.07, 6.45) is 1.79. The Morgan fingerprint density at radius 3 is 2.87 bits per heavy atom. The van der Waals surface area contributed by atoms with E-state index in [9.17, 15) is 4.79 Å². The highest BCUT2D eigenvalue weighted by molar-refractivity contribution is 6.06. The van der Waals surface area contributed by atoms with Crippen molar-refractivity contribution in [3.8, 4) is 0 Å². The number of anilines is 1. The van der Waals surface area contributed by atoms with Crippen molar-refractivity contribution >= 4 is 17.3 Å². The number of nitrogens with one attached hydrogen (secondary N) is 1. The van der Waals surface area contributed by atoms with Gasteiger partial charge in [0.2, 0.25) is 6.10 Å². The van der Waals surface area contributed by atoms with Gasteiger partial charge in [-0.15, -0.1) is 0 Å². The molecule has 1 aliphatic rings. The number of carbonyl (C=O) groups is 1. The Hall–Kier alpha value is -2.63. The topological polar surface area (TPSA) is 68.5 Å². The van der Waals surface area contributed by atoms with Gasteiger partial charge in [0.05, 0.1) is 11.4 Å². The first-order valence-corrected chi connectivity index (χ1v) is 7.72. The van der Waals surface area contributed by atoms with Gasteiger partial charge in [-0.1, -0.05) is 23.4 Å². The normalized spacial score (nSPS) is 16.8.